The lowest BCUT2D eigenvalue weighted by molar-refractivity contribution is -0.130. The van der Waals surface area contributed by atoms with Crippen molar-refractivity contribution in [3.05, 3.63) is 59.2 Å². The van der Waals surface area contributed by atoms with Crippen LogP contribution in [0.15, 0.2) is 30.6 Å². The van der Waals surface area contributed by atoms with Gasteiger partial charge in [0.2, 0.25) is 5.91 Å². The van der Waals surface area contributed by atoms with Crippen LogP contribution >= 0.6 is 0 Å². The van der Waals surface area contributed by atoms with Crippen LogP contribution < -0.4 is 5.32 Å². The molecule has 2 saturated heterocycles. The second-order valence-corrected chi connectivity index (χ2v) is 7.89. The fraction of sp³-hybridized carbons (Fsp3) is 0.476. The number of carbonyl (C=O) groups is 1. The monoisotopic (exact) mass is 418 g/mol. The molecule has 30 heavy (non-hydrogen) atoms. The number of halogens is 2. The second kappa shape index (κ2) is 8.71. The number of carbonyl (C=O) groups excluding carboxylic acids is 1. The molecule has 0 bridgehead atoms. The predicted molar refractivity (Wildman–Crippen MR) is 103 cm³/mol. The number of hydrogen-bond donors (Lipinski definition) is 1. The summed E-state index contributed by atoms with van der Waals surface area (Å²) in [7, 11) is 0. The van der Waals surface area contributed by atoms with Crippen LogP contribution in [0.2, 0.25) is 0 Å². The van der Waals surface area contributed by atoms with Crippen LogP contribution in [0.25, 0.3) is 0 Å². The summed E-state index contributed by atoms with van der Waals surface area (Å²) in [6, 6.07) is 3.18. The van der Waals surface area contributed by atoms with E-state index in [1.807, 2.05) is 6.92 Å². The van der Waals surface area contributed by atoms with Crippen molar-refractivity contribution in [2.24, 2.45) is 0 Å². The highest BCUT2D eigenvalue weighted by atomic mass is 19.1. The van der Waals surface area contributed by atoms with Crippen LogP contribution in [0.5, 0.6) is 0 Å². The van der Waals surface area contributed by atoms with Crippen molar-refractivity contribution in [3.63, 3.8) is 0 Å². The first-order valence-electron chi connectivity index (χ1n) is 9.89. The summed E-state index contributed by atoms with van der Waals surface area (Å²) in [6.07, 6.45) is 3.23. The summed E-state index contributed by atoms with van der Waals surface area (Å²) in [4.78, 5) is 23.4. The van der Waals surface area contributed by atoms with Crippen LogP contribution in [-0.2, 0) is 27.4 Å². The normalized spacial score (nSPS) is 24.3. The summed E-state index contributed by atoms with van der Waals surface area (Å²) in [6.45, 7) is 4.83. The molecule has 7 nitrogen and oxygen atoms in total. The number of aromatic nitrogens is 2. The van der Waals surface area contributed by atoms with Gasteiger partial charge >= 0.3 is 0 Å². The fourth-order valence-corrected chi connectivity index (χ4v) is 3.98. The molecule has 2 aromatic rings. The standard InChI is InChI=1S/C21H24F2N4O3/c1-14-8-24-10-18(26-14)11-27-2-3-30-21(12-27)7-19(29-13-21)20(28)25-9-15-4-16(22)6-17(23)5-15/h4-6,8,10,19H,2-3,7,9,11-13H2,1H3,(H,25,28)/t19-,21+/m1/s1. The van der Waals surface area contributed by atoms with E-state index in [2.05, 4.69) is 20.2 Å². The Morgan fingerprint density at radius 2 is 2.10 bits per heavy atom. The summed E-state index contributed by atoms with van der Waals surface area (Å²) in [5.74, 6) is -1.67. The highest BCUT2D eigenvalue weighted by molar-refractivity contribution is 5.81. The number of nitrogens with one attached hydrogen (secondary N) is 1. The summed E-state index contributed by atoms with van der Waals surface area (Å²) in [5, 5.41) is 2.69. The van der Waals surface area contributed by atoms with Gasteiger partial charge in [0, 0.05) is 51.1 Å². The Morgan fingerprint density at radius 1 is 1.30 bits per heavy atom. The van der Waals surface area contributed by atoms with E-state index in [-0.39, 0.29) is 12.5 Å². The number of aryl methyl sites for hydroxylation is 1. The third-order valence-electron chi connectivity index (χ3n) is 5.30. The smallest absolute Gasteiger partial charge is 0.249 e. The maximum absolute atomic E-state index is 13.3. The van der Waals surface area contributed by atoms with Crippen LogP contribution in [0.1, 0.15) is 23.4 Å². The zero-order chi connectivity index (χ0) is 21.1. The average Bonchev–Trinajstić information content (AvgIpc) is 3.08. The molecule has 2 atom stereocenters. The highest BCUT2D eigenvalue weighted by Gasteiger charge is 2.46. The molecular formula is C21H24F2N4O3. The summed E-state index contributed by atoms with van der Waals surface area (Å²) in [5.41, 5.74) is 1.56. The lowest BCUT2D eigenvalue weighted by Crippen LogP contribution is -2.52. The maximum atomic E-state index is 13.3. The Labute approximate surface area is 173 Å². The number of benzene rings is 1. The Bertz CT molecular complexity index is 909. The van der Waals surface area contributed by atoms with E-state index in [9.17, 15) is 13.6 Å². The first-order chi connectivity index (χ1) is 14.4. The minimum Gasteiger partial charge on any atom is -0.370 e. The van der Waals surface area contributed by atoms with Crippen molar-refractivity contribution < 1.29 is 23.0 Å². The van der Waals surface area contributed by atoms with Crippen molar-refractivity contribution in [2.75, 3.05) is 26.3 Å². The SMILES string of the molecule is Cc1cncc(CN2CCO[C@]3(CO[C@@H](C(=O)NCc4cc(F)cc(F)c4)C3)C2)n1. The molecule has 0 radical (unpaired) electrons. The van der Waals surface area contributed by atoms with Crippen LogP contribution in [-0.4, -0.2) is 58.8 Å². The molecule has 2 fully saturated rings. The van der Waals surface area contributed by atoms with Gasteiger partial charge in [-0.15, -0.1) is 0 Å². The fourth-order valence-electron chi connectivity index (χ4n) is 3.98. The molecular weight excluding hydrogens is 394 g/mol. The number of hydrogen-bond acceptors (Lipinski definition) is 6. The van der Waals surface area contributed by atoms with E-state index in [1.54, 1.807) is 12.4 Å². The van der Waals surface area contributed by atoms with Gasteiger partial charge in [0.25, 0.3) is 0 Å². The Balaban J connectivity index is 1.32. The van der Waals surface area contributed by atoms with Gasteiger partial charge in [0.15, 0.2) is 0 Å². The van der Waals surface area contributed by atoms with Gasteiger partial charge in [0.05, 0.1) is 24.6 Å². The average molecular weight is 418 g/mol. The van der Waals surface area contributed by atoms with Gasteiger partial charge < -0.3 is 14.8 Å². The van der Waals surface area contributed by atoms with Crippen molar-refractivity contribution >= 4 is 5.91 Å². The van der Waals surface area contributed by atoms with Gasteiger partial charge in [-0.25, -0.2) is 8.78 Å². The third kappa shape index (κ3) is 4.97. The van der Waals surface area contributed by atoms with Gasteiger partial charge in [-0.05, 0) is 24.6 Å². The van der Waals surface area contributed by atoms with E-state index >= 15 is 0 Å². The number of amides is 1. The lowest BCUT2D eigenvalue weighted by Gasteiger charge is -2.39. The van der Waals surface area contributed by atoms with Crippen LogP contribution in [0.3, 0.4) is 0 Å². The van der Waals surface area contributed by atoms with E-state index in [0.717, 1.165) is 24.0 Å². The van der Waals surface area contributed by atoms with Gasteiger partial charge in [-0.1, -0.05) is 0 Å². The third-order valence-corrected chi connectivity index (χ3v) is 5.30. The predicted octanol–water partition coefficient (Wildman–Crippen LogP) is 1.74. The number of ether oxygens (including phenoxy) is 2. The molecule has 9 heteroatoms. The first kappa shape index (κ1) is 20.8. The lowest BCUT2D eigenvalue weighted by atomic mass is 9.97. The number of nitrogens with zero attached hydrogens (tertiary/aromatic N) is 3. The van der Waals surface area contributed by atoms with Crippen LogP contribution in [0, 0.1) is 18.6 Å². The Morgan fingerprint density at radius 3 is 2.87 bits per heavy atom. The van der Waals surface area contributed by atoms with Gasteiger partial charge in [-0.3, -0.25) is 19.7 Å². The number of morpholine rings is 1. The Kier molecular flexibility index (Phi) is 6.03. The molecule has 0 aliphatic carbocycles. The van der Waals surface area contributed by atoms with E-state index in [0.29, 0.717) is 38.3 Å². The quantitative estimate of drug-likeness (QED) is 0.797. The zero-order valence-corrected chi connectivity index (χ0v) is 16.7. The largest absolute Gasteiger partial charge is 0.370 e. The van der Waals surface area contributed by atoms with Gasteiger partial charge in [0.1, 0.15) is 23.3 Å². The maximum Gasteiger partial charge on any atom is 0.249 e. The second-order valence-electron chi connectivity index (χ2n) is 7.89. The van der Waals surface area contributed by atoms with Gasteiger partial charge in [-0.2, -0.15) is 0 Å². The Hall–Kier alpha value is -2.49. The molecule has 3 heterocycles. The molecule has 1 N–H and O–H groups in total. The zero-order valence-electron chi connectivity index (χ0n) is 16.7. The first-order valence-corrected chi connectivity index (χ1v) is 9.89. The molecule has 2 aliphatic heterocycles. The van der Waals surface area contributed by atoms with Crippen molar-refractivity contribution in [2.45, 2.75) is 38.1 Å². The minimum absolute atomic E-state index is 0.0272. The molecule has 1 amide bonds. The minimum atomic E-state index is -0.677. The summed E-state index contributed by atoms with van der Waals surface area (Å²) < 4.78 is 38.3. The molecule has 2 aliphatic rings. The van der Waals surface area contributed by atoms with E-state index in [1.165, 1.54) is 12.1 Å². The molecule has 4 rings (SSSR count). The molecule has 160 valence electrons. The van der Waals surface area contributed by atoms with E-state index < -0.39 is 23.3 Å². The summed E-state index contributed by atoms with van der Waals surface area (Å²) >= 11 is 0. The van der Waals surface area contributed by atoms with Crippen molar-refractivity contribution in [1.29, 1.82) is 0 Å². The van der Waals surface area contributed by atoms with Crippen molar-refractivity contribution in [3.8, 4) is 0 Å². The number of rotatable bonds is 5. The highest BCUT2D eigenvalue weighted by Crippen LogP contribution is 2.32. The van der Waals surface area contributed by atoms with E-state index in [4.69, 9.17) is 9.47 Å². The molecule has 0 saturated carbocycles. The van der Waals surface area contributed by atoms with Crippen molar-refractivity contribution in [1.82, 2.24) is 20.2 Å². The molecule has 1 spiro atoms. The molecule has 1 aromatic heterocycles. The van der Waals surface area contributed by atoms with Crippen LogP contribution in [0.4, 0.5) is 8.78 Å². The molecule has 0 unspecified atom stereocenters. The molecule has 1 aromatic carbocycles. The topological polar surface area (TPSA) is 76.6 Å².